The number of nitrogens with one attached hydrogen (secondary N) is 2. The van der Waals surface area contributed by atoms with Crippen molar-refractivity contribution >= 4 is 23.2 Å². The summed E-state index contributed by atoms with van der Waals surface area (Å²) < 4.78 is 1.59. The van der Waals surface area contributed by atoms with Crippen LogP contribution in [0.25, 0.3) is 0 Å². The monoisotopic (exact) mass is 278 g/mol. The molecule has 0 atom stereocenters. The average molecular weight is 279 g/mol. The second-order valence-electron chi connectivity index (χ2n) is 4.08. The third-order valence-corrected chi connectivity index (χ3v) is 2.88. The van der Waals surface area contributed by atoms with Gasteiger partial charge in [-0.1, -0.05) is 23.7 Å². The van der Waals surface area contributed by atoms with E-state index in [4.69, 9.17) is 11.6 Å². The molecular formula is C13H15ClN4O. The Morgan fingerprint density at radius 2 is 2.11 bits per heavy atom. The molecule has 0 unspecified atom stereocenters. The van der Waals surface area contributed by atoms with Gasteiger partial charge in [-0.25, -0.2) is 0 Å². The zero-order chi connectivity index (χ0) is 13.7. The summed E-state index contributed by atoms with van der Waals surface area (Å²) >= 11 is 5.82. The Bertz CT molecular complexity index is 550. The molecule has 0 fully saturated rings. The van der Waals surface area contributed by atoms with E-state index in [-0.39, 0.29) is 12.5 Å². The molecule has 0 aliphatic rings. The molecule has 2 rings (SSSR count). The van der Waals surface area contributed by atoms with E-state index in [2.05, 4.69) is 15.7 Å². The standard InChI is InChI=1S/C13H15ClN4O/c1-15-13(19)9-18-8-12(7-17-18)16-6-10-2-4-11(14)5-3-10/h2-5,7-8,16H,6,9H2,1H3,(H,15,19). The predicted octanol–water partition coefficient (Wildman–Crippen LogP) is 1.89. The van der Waals surface area contributed by atoms with Crippen molar-refractivity contribution in [1.29, 1.82) is 0 Å². The summed E-state index contributed by atoms with van der Waals surface area (Å²) in [4.78, 5) is 11.2. The first-order valence-corrected chi connectivity index (χ1v) is 6.26. The summed E-state index contributed by atoms with van der Waals surface area (Å²) in [6, 6.07) is 7.63. The second kappa shape index (κ2) is 6.24. The molecule has 1 aromatic heterocycles. The number of likely N-dealkylation sites (N-methyl/N-ethyl adjacent to an activating group) is 1. The lowest BCUT2D eigenvalue weighted by Gasteiger charge is -2.03. The quantitative estimate of drug-likeness (QED) is 0.878. The molecule has 2 N–H and O–H groups in total. The summed E-state index contributed by atoms with van der Waals surface area (Å²) in [7, 11) is 1.60. The third kappa shape index (κ3) is 3.99. The van der Waals surface area contributed by atoms with Gasteiger partial charge in [-0.15, -0.1) is 0 Å². The Hall–Kier alpha value is -2.01. The van der Waals surface area contributed by atoms with Crippen LogP contribution in [0.2, 0.25) is 5.02 Å². The smallest absolute Gasteiger partial charge is 0.241 e. The van der Waals surface area contributed by atoms with Crippen molar-refractivity contribution in [3.63, 3.8) is 0 Å². The summed E-state index contributed by atoms with van der Waals surface area (Å²) in [5.74, 6) is -0.0765. The van der Waals surface area contributed by atoms with E-state index < -0.39 is 0 Å². The van der Waals surface area contributed by atoms with Crippen molar-refractivity contribution < 1.29 is 4.79 Å². The molecule has 0 saturated heterocycles. The van der Waals surface area contributed by atoms with Gasteiger partial charge < -0.3 is 10.6 Å². The van der Waals surface area contributed by atoms with E-state index in [1.165, 1.54) is 0 Å². The van der Waals surface area contributed by atoms with Crippen molar-refractivity contribution in [2.45, 2.75) is 13.1 Å². The number of halogens is 1. The number of hydrogen-bond donors (Lipinski definition) is 2. The van der Waals surface area contributed by atoms with Gasteiger partial charge in [0.2, 0.25) is 5.91 Å². The third-order valence-electron chi connectivity index (χ3n) is 2.63. The Balaban J connectivity index is 1.89. The fraction of sp³-hybridized carbons (Fsp3) is 0.231. The summed E-state index contributed by atoms with van der Waals surface area (Å²) in [5.41, 5.74) is 2.00. The molecule has 6 heteroatoms. The second-order valence-corrected chi connectivity index (χ2v) is 4.52. The number of hydrogen-bond acceptors (Lipinski definition) is 3. The molecule has 0 saturated carbocycles. The van der Waals surface area contributed by atoms with E-state index in [1.54, 1.807) is 24.1 Å². The Labute approximate surface area is 116 Å². The maximum atomic E-state index is 11.2. The molecule has 0 bridgehead atoms. The van der Waals surface area contributed by atoms with E-state index in [0.29, 0.717) is 6.54 Å². The van der Waals surface area contributed by atoms with Gasteiger partial charge in [-0.05, 0) is 17.7 Å². The molecule has 100 valence electrons. The van der Waals surface area contributed by atoms with Gasteiger partial charge in [-0.3, -0.25) is 9.48 Å². The minimum Gasteiger partial charge on any atom is -0.378 e. The summed E-state index contributed by atoms with van der Waals surface area (Å²) in [6.45, 7) is 0.905. The lowest BCUT2D eigenvalue weighted by molar-refractivity contribution is -0.121. The molecule has 1 amide bonds. The number of aromatic nitrogens is 2. The Kier molecular flexibility index (Phi) is 4.41. The summed E-state index contributed by atoms with van der Waals surface area (Å²) in [6.07, 6.45) is 3.49. The Morgan fingerprint density at radius 1 is 1.37 bits per heavy atom. The number of anilines is 1. The van der Waals surface area contributed by atoms with Crippen LogP contribution in [0.15, 0.2) is 36.7 Å². The predicted molar refractivity (Wildman–Crippen MR) is 75.1 cm³/mol. The van der Waals surface area contributed by atoms with Crippen LogP contribution in [0.4, 0.5) is 5.69 Å². The molecule has 0 spiro atoms. The molecule has 19 heavy (non-hydrogen) atoms. The molecule has 0 radical (unpaired) electrons. The maximum absolute atomic E-state index is 11.2. The number of carbonyl (C=O) groups excluding carboxylic acids is 1. The summed E-state index contributed by atoms with van der Waals surface area (Å²) in [5, 5.41) is 10.6. The van der Waals surface area contributed by atoms with Crippen LogP contribution in [-0.2, 0) is 17.9 Å². The number of nitrogens with zero attached hydrogens (tertiary/aromatic N) is 2. The topological polar surface area (TPSA) is 59.0 Å². The number of rotatable bonds is 5. The minimum atomic E-state index is -0.0765. The first-order valence-electron chi connectivity index (χ1n) is 5.89. The first-order chi connectivity index (χ1) is 9.17. The average Bonchev–Trinajstić information content (AvgIpc) is 2.85. The van der Waals surface area contributed by atoms with Gasteiger partial charge >= 0.3 is 0 Å². The van der Waals surface area contributed by atoms with Crippen LogP contribution in [0.3, 0.4) is 0 Å². The highest BCUT2D eigenvalue weighted by Gasteiger charge is 2.02. The number of benzene rings is 1. The lowest BCUT2D eigenvalue weighted by atomic mass is 10.2. The fourth-order valence-electron chi connectivity index (χ4n) is 1.57. The molecule has 5 nitrogen and oxygen atoms in total. The van der Waals surface area contributed by atoms with Gasteiger partial charge in [0.25, 0.3) is 0 Å². The van der Waals surface area contributed by atoms with Crippen LogP contribution in [0.5, 0.6) is 0 Å². The van der Waals surface area contributed by atoms with Crippen LogP contribution in [-0.4, -0.2) is 22.7 Å². The van der Waals surface area contributed by atoms with Crippen molar-refractivity contribution in [1.82, 2.24) is 15.1 Å². The van der Waals surface area contributed by atoms with E-state index in [0.717, 1.165) is 16.3 Å². The zero-order valence-corrected chi connectivity index (χ0v) is 11.3. The number of carbonyl (C=O) groups is 1. The number of amides is 1. The highest BCUT2D eigenvalue weighted by atomic mass is 35.5. The zero-order valence-electron chi connectivity index (χ0n) is 10.6. The molecule has 0 aliphatic heterocycles. The van der Waals surface area contributed by atoms with Crippen LogP contribution < -0.4 is 10.6 Å². The van der Waals surface area contributed by atoms with E-state index >= 15 is 0 Å². The highest BCUT2D eigenvalue weighted by molar-refractivity contribution is 6.30. The van der Waals surface area contributed by atoms with Crippen LogP contribution in [0.1, 0.15) is 5.56 Å². The normalized spacial score (nSPS) is 10.2. The molecule has 2 aromatic rings. The molecule has 0 aliphatic carbocycles. The van der Waals surface area contributed by atoms with Crippen molar-refractivity contribution in [3.05, 3.63) is 47.2 Å². The van der Waals surface area contributed by atoms with Crippen molar-refractivity contribution in [2.75, 3.05) is 12.4 Å². The first kappa shape index (κ1) is 13.4. The SMILES string of the molecule is CNC(=O)Cn1cc(NCc2ccc(Cl)cc2)cn1. The minimum absolute atomic E-state index is 0.0765. The molecule has 1 aromatic carbocycles. The van der Waals surface area contributed by atoms with Gasteiger partial charge in [0.15, 0.2) is 0 Å². The van der Waals surface area contributed by atoms with Crippen molar-refractivity contribution in [2.24, 2.45) is 0 Å². The van der Waals surface area contributed by atoms with Crippen LogP contribution in [0, 0.1) is 0 Å². The molecule has 1 heterocycles. The van der Waals surface area contributed by atoms with E-state index in [9.17, 15) is 4.79 Å². The molecular weight excluding hydrogens is 264 g/mol. The highest BCUT2D eigenvalue weighted by Crippen LogP contribution is 2.12. The fourth-order valence-corrected chi connectivity index (χ4v) is 1.70. The van der Waals surface area contributed by atoms with Gasteiger partial charge in [0, 0.05) is 24.8 Å². The maximum Gasteiger partial charge on any atom is 0.241 e. The Morgan fingerprint density at radius 3 is 2.79 bits per heavy atom. The van der Waals surface area contributed by atoms with Crippen LogP contribution >= 0.6 is 11.6 Å². The largest absolute Gasteiger partial charge is 0.378 e. The van der Waals surface area contributed by atoms with E-state index in [1.807, 2.05) is 24.3 Å². The van der Waals surface area contributed by atoms with Crippen molar-refractivity contribution in [3.8, 4) is 0 Å². The van der Waals surface area contributed by atoms with Gasteiger partial charge in [-0.2, -0.15) is 5.10 Å². The van der Waals surface area contributed by atoms with Gasteiger partial charge in [0.05, 0.1) is 11.9 Å². The lowest BCUT2D eigenvalue weighted by Crippen LogP contribution is -2.23. The van der Waals surface area contributed by atoms with Gasteiger partial charge in [0.1, 0.15) is 6.54 Å².